The summed E-state index contributed by atoms with van der Waals surface area (Å²) >= 11 is 6.62. The van der Waals surface area contributed by atoms with E-state index in [4.69, 9.17) is 16.3 Å². The molecule has 2 aromatic carbocycles. The first-order chi connectivity index (χ1) is 10.5. The molecule has 22 heavy (non-hydrogen) atoms. The summed E-state index contributed by atoms with van der Waals surface area (Å²) in [6.07, 6.45) is 5.11. The van der Waals surface area contributed by atoms with Crippen molar-refractivity contribution in [3.8, 4) is 5.75 Å². The van der Waals surface area contributed by atoms with Gasteiger partial charge < -0.3 is 4.74 Å². The lowest BCUT2D eigenvalue weighted by molar-refractivity contribution is 0.248. The highest BCUT2D eigenvalue weighted by atomic mass is 35.5. The molecule has 2 aliphatic carbocycles. The maximum atomic E-state index is 6.62. The molecule has 0 radical (unpaired) electrons. The van der Waals surface area contributed by atoms with E-state index in [1.807, 2.05) is 6.07 Å². The minimum atomic E-state index is 0.461. The summed E-state index contributed by atoms with van der Waals surface area (Å²) in [7, 11) is 1.73. The number of halogens is 1. The highest BCUT2D eigenvalue weighted by Gasteiger charge is 2.46. The fraction of sp³-hybridized carbons (Fsp3) is 0.500. The van der Waals surface area contributed by atoms with E-state index in [1.165, 1.54) is 35.8 Å². The fourth-order valence-electron chi connectivity index (χ4n) is 5.05. The molecule has 2 aliphatic rings. The number of rotatable bonds is 1. The first-order valence-corrected chi connectivity index (χ1v) is 8.68. The average Bonchev–Trinajstić information content (AvgIpc) is 2.81. The minimum absolute atomic E-state index is 0.461. The Morgan fingerprint density at radius 2 is 2.05 bits per heavy atom. The molecular weight excluding hydrogens is 292 g/mol. The van der Waals surface area contributed by atoms with Crippen LogP contribution in [0.5, 0.6) is 5.75 Å². The third kappa shape index (κ3) is 1.98. The van der Waals surface area contributed by atoms with Crippen molar-refractivity contribution in [2.45, 2.75) is 45.4 Å². The average molecular weight is 315 g/mol. The zero-order valence-corrected chi connectivity index (χ0v) is 14.3. The fourth-order valence-corrected chi connectivity index (χ4v) is 5.34. The van der Waals surface area contributed by atoms with Gasteiger partial charge in [-0.3, -0.25) is 0 Å². The zero-order chi connectivity index (χ0) is 15.5. The molecule has 1 fully saturated rings. The molecule has 0 amide bonds. The van der Waals surface area contributed by atoms with Crippen molar-refractivity contribution in [3.63, 3.8) is 0 Å². The van der Waals surface area contributed by atoms with Gasteiger partial charge in [-0.1, -0.05) is 25.4 Å². The van der Waals surface area contributed by atoms with Gasteiger partial charge in [0, 0.05) is 10.4 Å². The Morgan fingerprint density at radius 3 is 2.82 bits per heavy atom. The van der Waals surface area contributed by atoms with Gasteiger partial charge >= 0.3 is 0 Å². The summed E-state index contributed by atoms with van der Waals surface area (Å²) in [6, 6.07) is 8.53. The van der Waals surface area contributed by atoms with Crippen LogP contribution < -0.4 is 4.74 Å². The van der Waals surface area contributed by atoms with Crippen molar-refractivity contribution in [1.82, 2.24) is 0 Å². The van der Waals surface area contributed by atoms with Crippen molar-refractivity contribution in [2.75, 3.05) is 7.11 Å². The molecule has 116 valence electrons. The number of fused-ring (bicyclic) bond motifs is 5. The van der Waals surface area contributed by atoms with Crippen LogP contribution in [0.25, 0.3) is 10.8 Å². The van der Waals surface area contributed by atoms with E-state index in [-0.39, 0.29) is 0 Å². The van der Waals surface area contributed by atoms with Crippen LogP contribution >= 0.6 is 11.6 Å². The summed E-state index contributed by atoms with van der Waals surface area (Å²) in [5, 5.41) is 3.35. The summed E-state index contributed by atoms with van der Waals surface area (Å²) < 4.78 is 5.43. The molecule has 0 N–H and O–H groups in total. The Labute approximate surface area is 137 Å². The van der Waals surface area contributed by atoms with Crippen LogP contribution in [0.4, 0.5) is 0 Å². The van der Waals surface area contributed by atoms with Crippen molar-refractivity contribution in [1.29, 1.82) is 0 Å². The van der Waals surface area contributed by atoms with Gasteiger partial charge in [0.1, 0.15) is 5.75 Å². The van der Waals surface area contributed by atoms with Crippen LogP contribution in [0.15, 0.2) is 24.3 Å². The maximum absolute atomic E-state index is 6.62. The second-order valence-electron chi connectivity index (χ2n) is 7.59. The second kappa shape index (κ2) is 4.89. The normalized spacial score (nSPS) is 30.2. The van der Waals surface area contributed by atoms with Gasteiger partial charge in [0.2, 0.25) is 0 Å². The summed E-state index contributed by atoms with van der Waals surface area (Å²) in [6.45, 7) is 4.88. The van der Waals surface area contributed by atoms with E-state index in [0.717, 1.165) is 28.5 Å². The molecule has 1 nitrogen and oxygen atoms in total. The molecule has 0 spiro atoms. The van der Waals surface area contributed by atoms with Gasteiger partial charge in [-0.2, -0.15) is 0 Å². The molecule has 3 atom stereocenters. The highest BCUT2D eigenvalue weighted by Crippen LogP contribution is 2.58. The van der Waals surface area contributed by atoms with Crippen LogP contribution in [0.1, 0.15) is 50.2 Å². The molecular formula is C20H23ClO. The molecule has 0 aliphatic heterocycles. The van der Waals surface area contributed by atoms with Crippen molar-refractivity contribution >= 4 is 22.4 Å². The van der Waals surface area contributed by atoms with Gasteiger partial charge in [-0.25, -0.2) is 0 Å². The quantitative estimate of drug-likeness (QED) is 0.630. The Balaban J connectivity index is 1.96. The van der Waals surface area contributed by atoms with Crippen LogP contribution in [0, 0.1) is 11.3 Å². The molecule has 2 heteroatoms. The Bertz CT molecular complexity index is 751. The lowest BCUT2D eigenvalue weighted by Crippen LogP contribution is -2.26. The second-order valence-corrected chi connectivity index (χ2v) is 8.00. The first-order valence-electron chi connectivity index (χ1n) is 8.31. The molecule has 0 aromatic heterocycles. The lowest BCUT2D eigenvalue weighted by atomic mass is 9.66. The van der Waals surface area contributed by atoms with Crippen LogP contribution in [0.3, 0.4) is 0 Å². The standard InChI is InChI=1S/C20H23ClO/c1-12-8-18-17-10-19(21)15-5-4-13(22-3)9-16(15)14(17)6-7-20(18,2)11-12/h4-5,9-10,12,18H,6-8,11H2,1-3H3/t12-,18+,20-/m0/s1. The van der Waals surface area contributed by atoms with Crippen LogP contribution in [0.2, 0.25) is 5.02 Å². The predicted octanol–water partition coefficient (Wildman–Crippen LogP) is 5.97. The van der Waals surface area contributed by atoms with E-state index in [1.54, 1.807) is 7.11 Å². The number of hydrogen-bond acceptors (Lipinski definition) is 1. The molecule has 0 heterocycles. The van der Waals surface area contributed by atoms with E-state index < -0.39 is 0 Å². The van der Waals surface area contributed by atoms with E-state index in [2.05, 4.69) is 32.0 Å². The van der Waals surface area contributed by atoms with Crippen LogP contribution in [-0.2, 0) is 6.42 Å². The van der Waals surface area contributed by atoms with Gasteiger partial charge in [0.05, 0.1) is 7.11 Å². The van der Waals surface area contributed by atoms with Crippen molar-refractivity contribution < 1.29 is 4.74 Å². The zero-order valence-electron chi connectivity index (χ0n) is 13.6. The summed E-state index contributed by atoms with van der Waals surface area (Å²) in [5.74, 6) is 2.41. The van der Waals surface area contributed by atoms with E-state index >= 15 is 0 Å². The Morgan fingerprint density at radius 1 is 1.23 bits per heavy atom. The smallest absolute Gasteiger partial charge is 0.119 e. The predicted molar refractivity (Wildman–Crippen MR) is 93.1 cm³/mol. The van der Waals surface area contributed by atoms with Crippen LogP contribution in [-0.4, -0.2) is 7.11 Å². The summed E-state index contributed by atoms with van der Waals surface area (Å²) in [4.78, 5) is 0. The molecule has 0 unspecified atom stereocenters. The molecule has 1 saturated carbocycles. The van der Waals surface area contributed by atoms with Gasteiger partial charge in [0.25, 0.3) is 0 Å². The molecule has 0 saturated heterocycles. The topological polar surface area (TPSA) is 9.23 Å². The van der Waals surface area contributed by atoms with Crippen molar-refractivity contribution in [2.24, 2.45) is 11.3 Å². The monoisotopic (exact) mass is 314 g/mol. The lowest BCUT2D eigenvalue weighted by Gasteiger charge is -2.38. The van der Waals surface area contributed by atoms with Gasteiger partial charge in [0.15, 0.2) is 0 Å². The minimum Gasteiger partial charge on any atom is -0.497 e. The Kier molecular flexibility index (Phi) is 3.20. The largest absolute Gasteiger partial charge is 0.497 e. The molecule has 0 bridgehead atoms. The Hall–Kier alpha value is -1.21. The van der Waals surface area contributed by atoms with Crippen molar-refractivity contribution in [3.05, 3.63) is 40.4 Å². The maximum Gasteiger partial charge on any atom is 0.119 e. The number of benzene rings is 2. The SMILES string of the molecule is COc1ccc2c(Cl)cc3c(c2c1)CC[C@@]1(C)C[C@@H](C)C[C@H]31. The number of hydrogen-bond donors (Lipinski definition) is 0. The first kappa shape index (κ1) is 14.4. The number of ether oxygens (including phenoxy) is 1. The number of methoxy groups -OCH3 is 1. The van der Waals surface area contributed by atoms with Gasteiger partial charge in [-0.15, -0.1) is 0 Å². The highest BCUT2D eigenvalue weighted by molar-refractivity contribution is 6.35. The molecule has 2 aromatic rings. The molecule has 4 rings (SSSR count). The van der Waals surface area contributed by atoms with E-state index in [9.17, 15) is 0 Å². The third-order valence-corrected chi connectivity index (χ3v) is 6.37. The van der Waals surface area contributed by atoms with E-state index in [0.29, 0.717) is 11.3 Å². The van der Waals surface area contributed by atoms with Gasteiger partial charge in [-0.05, 0) is 83.7 Å². The summed E-state index contributed by atoms with van der Waals surface area (Å²) in [5.41, 5.74) is 3.47. The number of aryl methyl sites for hydroxylation is 1. The third-order valence-electron chi connectivity index (χ3n) is 6.06.